The lowest BCUT2D eigenvalue weighted by atomic mass is 9.79. The molecular formula is C32H34O2. The lowest BCUT2D eigenvalue weighted by Gasteiger charge is -2.25. The quantitative estimate of drug-likeness (QED) is 0.116. The third-order valence-corrected chi connectivity index (χ3v) is 7.27. The summed E-state index contributed by atoms with van der Waals surface area (Å²) >= 11 is 0. The van der Waals surface area contributed by atoms with Crippen molar-refractivity contribution in [2.75, 3.05) is 6.61 Å². The van der Waals surface area contributed by atoms with Crippen LogP contribution in [0.3, 0.4) is 0 Å². The summed E-state index contributed by atoms with van der Waals surface area (Å²) in [7, 11) is 0. The lowest BCUT2D eigenvalue weighted by Crippen LogP contribution is -2.12. The summed E-state index contributed by atoms with van der Waals surface area (Å²) in [5.41, 5.74) is 4.19. The van der Waals surface area contributed by atoms with Crippen molar-refractivity contribution in [3.63, 3.8) is 0 Å². The third kappa shape index (κ3) is 3.70. The summed E-state index contributed by atoms with van der Waals surface area (Å²) in [5, 5.41) is 10.7. The van der Waals surface area contributed by atoms with Crippen molar-refractivity contribution in [3.05, 3.63) is 71.3 Å². The molecule has 0 aromatic heterocycles. The summed E-state index contributed by atoms with van der Waals surface area (Å²) in [5.74, 6) is 0. The van der Waals surface area contributed by atoms with Gasteiger partial charge in [-0.1, -0.05) is 84.0 Å². The van der Waals surface area contributed by atoms with Gasteiger partial charge in [0.1, 0.15) is 0 Å². The Morgan fingerprint density at radius 3 is 1.88 bits per heavy atom. The maximum Gasteiger partial charge on any atom is 0.293 e. The molecule has 0 fully saturated rings. The minimum absolute atomic E-state index is 0.0667. The molecule has 0 aliphatic carbocycles. The van der Waals surface area contributed by atoms with Crippen molar-refractivity contribution in [3.8, 4) is 0 Å². The van der Waals surface area contributed by atoms with Crippen molar-refractivity contribution in [1.29, 1.82) is 0 Å². The predicted octanol–water partition coefficient (Wildman–Crippen LogP) is 8.44. The van der Waals surface area contributed by atoms with Crippen LogP contribution in [0.4, 0.5) is 0 Å². The van der Waals surface area contributed by atoms with Crippen LogP contribution < -0.4 is 0 Å². The highest BCUT2D eigenvalue weighted by Gasteiger charge is 2.22. The molecule has 0 aliphatic heterocycles. The van der Waals surface area contributed by atoms with Gasteiger partial charge in [-0.05, 0) is 95.6 Å². The standard InChI is InChI=1S/C32H34O2/c1-31(2,3)22-15-21-16-23(32(4,5)6)18-28-26-13-12-20(9-8-14-34-19-33)24-10-7-11-25(30(24)26)27(17-22)29(21)28/h7,10-13,15-19H,8-9,14H2,1-6H3. The first kappa shape index (κ1) is 22.7. The van der Waals surface area contributed by atoms with Crippen LogP contribution in [0.15, 0.2) is 54.6 Å². The molecule has 2 nitrogen and oxygen atoms in total. The summed E-state index contributed by atoms with van der Waals surface area (Å²) in [4.78, 5) is 10.5. The number of rotatable bonds is 5. The molecule has 5 aromatic carbocycles. The molecule has 5 rings (SSSR count). The molecule has 34 heavy (non-hydrogen) atoms. The highest BCUT2D eigenvalue weighted by molar-refractivity contribution is 6.33. The number of hydrogen-bond acceptors (Lipinski definition) is 2. The number of benzene rings is 5. The van der Waals surface area contributed by atoms with E-state index in [1.54, 1.807) is 0 Å². The minimum atomic E-state index is 0.0667. The van der Waals surface area contributed by atoms with Crippen LogP contribution in [0, 0.1) is 0 Å². The number of ether oxygens (including phenoxy) is 1. The van der Waals surface area contributed by atoms with Gasteiger partial charge < -0.3 is 4.74 Å². The zero-order valence-corrected chi connectivity index (χ0v) is 21.2. The van der Waals surface area contributed by atoms with E-state index in [1.165, 1.54) is 59.8 Å². The van der Waals surface area contributed by atoms with Gasteiger partial charge >= 0.3 is 0 Å². The van der Waals surface area contributed by atoms with Gasteiger partial charge in [-0.2, -0.15) is 0 Å². The van der Waals surface area contributed by atoms with Gasteiger partial charge in [0.05, 0.1) is 6.61 Å². The van der Waals surface area contributed by atoms with Crippen molar-refractivity contribution in [2.24, 2.45) is 0 Å². The summed E-state index contributed by atoms with van der Waals surface area (Å²) in [6.07, 6.45) is 1.71. The molecule has 0 amide bonds. The molecule has 0 aliphatic rings. The van der Waals surface area contributed by atoms with Crippen LogP contribution in [-0.4, -0.2) is 13.1 Å². The van der Waals surface area contributed by atoms with Gasteiger partial charge in [-0.25, -0.2) is 0 Å². The average molecular weight is 451 g/mol. The van der Waals surface area contributed by atoms with Crippen LogP contribution in [0.2, 0.25) is 0 Å². The highest BCUT2D eigenvalue weighted by atomic mass is 16.5. The van der Waals surface area contributed by atoms with Crippen molar-refractivity contribution in [2.45, 2.75) is 65.2 Å². The highest BCUT2D eigenvalue weighted by Crippen LogP contribution is 2.44. The molecule has 0 saturated heterocycles. The van der Waals surface area contributed by atoms with E-state index in [-0.39, 0.29) is 10.8 Å². The lowest BCUT2D eigenvalue weighted by molar-refractivity contribution is -0.128. The van der Waals surface area contributed by atoms with E-state index in [2.05, 4.69) is 96.1 Å². The first-order valence-corrected chi connectivity index (χ1v) is 12.3. The fourth-order valence-electron chi connectivity index (χ4n) is 5.33. The summed E-state index contributed by atoms with van der Waals surface area (Å²) in [6.45, 7) is 14.8. The van der Waals surface area contributed by atoms with Crippen LogP contribution >= 0.6 is 0 Å². The summed E-state index contributed by atoms with van der Waals surface area (Å²) in [6, 6.07) is 21.0. The maximum absolute atomic E-state index is 10.5. The first-order chi connectivity index (χ1) is 16.1. The Hall–Kier alpha value is -3.13. The predicted molar refractivity (Wildman–Crippen MR) is 145 cm³/mol. The normalized spacial score (nSPS) is 12.9. The second-order valence-electron chi connectivity index (χ2n) is 11.7. The Morgan fingerprint density at radius 2 is 1.29 bits per heavy atom. The van der Waals surface area contributed by atoms with E-state index >= 15 is 0 Å². The van der Waals surface area contributed by atoms with Gasteiger partial charge in [0.15, 0.2) is 0 Å². The number of hydrogen-bond donors (Lipinski definition) is 0. The Kier molecular flexibility index (Phi) is 5.31. The number of fused-ring (bicyclic) bond motifs is 2. The van der Waals surface area contributed by atoms with Gasteiger partial charge in [0, 0.05) is 0 Å². The summed E-state index contributed by atoms with van der Waals surface area (Å²) < 4.78 is 4.94. The molecule has 0 radical (unpaired) electrons. The fourth-order valence-corrected chi connectivity index (χ4v) is 5.33. The van der Waals surface area contributed by atoms with E-state index in [9.17, 15) is 4.79 Å². The largest absolute Gasteiger partial charge is 0.468 e. The van der Waals surface area contributed by atoms with Crippen LogP contribution in [0.25, 0.3) is 43.1 Å². The van der Waals surface area contributed by atoms with Crippen LogP contribution in [-0.2, 0) is 26.8 Å². The zero-order chi connectivity index (χ0) is 24.3. The van der Waals surface area contributed by atoms with E-state index in [4.69, 9.17) is 4.74 Å². The molecule has 0 saturated carbocycles. The minimum Gasteiger partial charge on any atom is -0.468 e. The van der Waals surface area contributed by atoms with E-state index in [1.807, 2.05) is 0 Å². The number of carbonyl (C=O) groups excluding carboxylic acids is 1. The SMILES string of the molecule is CC(C)(C)c1cc2cc(C(C)(C)C)cc3c4ccc(CCCOC=O)c5cccc(c(c1)c23)c54. The maximum atomic E-state index is 10.5. The molecule has 0 heterocycles. The first-order valence-electron chi connectivity index (χ1n) is 12.3. The second-order valence-corrected chi connectivity index (χ2v) is 11.7. The Labute approximate surface area is 202 Å². The zero-order valence-electron chi connectivity index (χ0n) is 21.2. The molecule has 5 aromatic rings. The average Bonchev–Trinajstić information content (AvgIpc) is 2.78. The van der Waals surface area contributed by atoms with Gasteiger partial charge in [-0.3, -0.25) is 4.79 Å². The molecule has 0 atom stereocenters. The van der Waals surface area contributed by atoms with Gasteiger partial charge in [0.25, 0.3) is 6.47 Å². The molecule has 174 valence electrons. The smallest absolute Gasteiger partial charge is 0.293 e. The van der Waals surface area contributed by atoms with Crippen LogP contribution in [0.1, 0.15) is 64.7 Å². The molecular weight excluding hydrogens is 416 g/mol. The molecule has 0 bridgehead atoms. The van der Waals surface area contributed by atoms with Crippen LogP contribution in [0.5, 0.6) is 0 Å². The van der Waals surface area contributed by atoms with Crippen molar-refractivity contribution < 1.29 is 9.53 Å². The third-order valence-electron chi connectivity index (χ3n) is 7.27. The molecule has 0 spiro atoms. The molecule has 0 N–H and O–H groups in total. The van der Waals surface area contributed by atoms with E-state index in [0.29, 0.717) is 13.1 Å². The second kappa shape index (κ2) is 7.98. The number of aryl methyl sites for hydroxylation is 1. The molecule has 0 unspecified atom stereocenters. The monoisotopic (exact) mass is 450 g/mol. The van der Waals surface area contributed by atoms with E-state index < -0.39 is 0 Å². The fraction of sp³-hybridized carbons (Fsp3) is 0.344. The van der Waals surface area contributed by atoms with Crippen molar-refractivity contribution >= 4 is 49.6 Å². The molecule has 2 heteroatoms. The topological polar surface area (TPSA) is 26.3 Å². The Morgan fingerprint density at radius 1 is 0.706 bits per heavy atom. The van der Waals surface area contributed by atoms with E-state index in [0.717, 1.165) is 12.8 Å². The van der Waals surface area contributed by atoms with Crippen molar-refractivity contribution in [1.82, 2.24) is 0 Å². The Bertz CT molecular complexity index is 1460. The van der Waals surface area contributed by atoms with Gasteiger partial charge in [-0.15, -0.1) is 0 Å². The Balaban J connectivity index is 1.91. The number of carbonyl (C=O) groups is 1. The van der Waals surface area contributed by atoms with Gasteiger partial charge in [0.2, 0.25) is 0 Å².